The van der Waals surface area contributed by atoms with Crippen molar-refractivity contribution in [3.8, 4) is 0 Å². The van der Waals surface area contributed by atoms with Crippen molar-refractivity contribution in [1.82, 2.24) is 40.8 Å². The number of H-pyrrole nitrogens is 1. The molecule has 0 aliphatic rings. The molecule has 2 heterocycles. The number of hydrogen-bond acceptors (Lipinski definition) is 6. The van der Waals surface area contributed by atoms with Gasteiger partial charge in [-0.05, 0) is 0 Å². The van der Waals surface area contributed by atoms with E-state index in [0.717, 1.165) is 0 Å². The van der Waals surface area contributed by atoms with Gasteiger partial charge in [0.25, 0.3) is 0 Å². The van der Waals surface area contributed by atoms with Crippen LogP contribution in [-0.2, 0) is 13.1 Å². The van der Waals surface area contributed by atoms with Crippen molar-refractivity contribution < 1.29 is 14.7 Å². The Hall–Kier alpha value is -2.98. The smallest absolute Gasteiger partial charge is 0.356 e. The van der Waals surface area contributed by atoms with E-state index in [2.05, 4.69) is 36.2 Å². The molecule has 0 spiro atoms. The second-order valence-corrected chi connectivity index (χ2v) is 3.74. The number of urea groups is 1. The molecule has 0 aliphatic carbocycles. The lowest BCUT2D eigenvalue weighted by Gasteiger charge is -2.06. The number of aromatic amines is 1. The van der Waals surface area contributed by atoms with Gasteiger partial charge in [-0.2, -0.15) is 5.21 Å². The van der Waals surface area contributed by atoms with Crippen LogP contribution in [0.5, 0.6) is 0 Å². The standard InChI is InChI=1S/C9H12N8O3/c18-8(19)6-4-17(5-12-6)2-1-10-9(20)11-3-7-13-15-16-14-7/h4-5H,1-3H2,(H,18,19)(H2,10,11,20)(H,13,14,15,16). The third kappa shape index (κ3) is 3.76. The number of hydrogen-bond donors (Lipinski definition) is 4. The minimum atomic E-state index is -1.09. The van der Waals surface area contributed by atoms with Gasteiger partial charge < -0.3 is 20.3 Å². The van der Waals surface area contributed by atoms with Crippen LogP contribution in [0.4, 0.5) is 4.79 Å². The molecule has 106 valence electrons. The number of carboxylic acids is 1. The van der Waals surface area contributed by atoms with Gasteiger partial charge in [-0.3, -0.25) is 0 Å². The summed E-state index contributed by atoms with van der Waals surface area (Å²) < 4.78 is 1.57. The van der Waals surface area contributed by atoms with Crippen molar-refractivity contribution in [3.05, 3.63) is 24.0 Å². The molecule has 2 amide bonds. The number of nitrogens with one attached hydrogen (secondary N) is 3. The Morgan fingerprint density at radius 3 is 2.90 bits per heavy atom. The van der Waals surface area contributed by atoms with Gasteiger partial charge in [-0.15, -0.1) is 10.2 Å². The molecule has 4 N–H and O–H groups in total. The van der Waals surface area contributed by atoms with Gasteiger partial charge in [0.1, 0.15) is 0 Å². The molecule has 0 bridgehead atoms. The van der Waals surface area contributed by atoms with Crippen LogP contribution < -0.4 is 10.6 Å². The predicted octanol–water partition coefficient (Wildman–Crippen LogP) is -1.41. The fraction of sp³-hybridized carbons (Fsp3) is 0.333. The minimum absolute atomic E-state index is 0.0356. The molecule has 0 aromatic carbocycles. The Balaban J connectivity index is 1.67. The zero-order valence-electron chi connectivity index (χ0n) is 10.3. The number of aromatic carboxylic acids is 1. The van der Waals surface area contributed by atoms with Gasteiger partial charge >= 0.3 is 12.0 Å². The molecule has 0 saturated carbocycles. The monoisotopic (exact) mass is 280 g/mol. The largest absolute Gasteiger partial charge is 0.476 e. The zero-order chi connectivity index (χ0) is 14.4. The number of aromatic nitrogens is 6. The number of carbonyl (C=O) groups is 2. The highest BCUT2D eigenvalue weighted by Gasteiger charge is 2.06. The highest BCUT2D eigenvalue weighted by molar-refractivity contribution is 5.84. The lowest BCUT2D eigenvalue weighted by atomic mass is 10.5. The number of rotatable bonds is 6. The Kier molecular flexibility index (Phi) is 4.21. The Morgan fingerprint density at radius 2 is 2.25 bits per heavy atom. The first kappa shape index (κ1) is 13.5. The molecule has 20 heavy (non-hydrogen) atoms. The lowest BCUT2D eigenvalue weighted by Crippen LogP contribution is -2.36. The normalized spacial score (nSPS) is 10.2. The van der Waals surface area contributed by atoms with Crippen LogP contribution in [0.3, 0.4) is 0 Å². The van der Waals surface area contributed by atoms with E-state index in [9.17, 15) is 9.59 Å². The van der Waals surface area contributed by atoms with E-state index in [1.807, 2.05) is 0 Å². The van der Waals surface area contributed by atoms with Gasteiger partial charge in [-0.25, -0.2) is 14.6 Å². The van der Waals surface area contributed by atoms with Crippen molar-refractivity contribution in [3.63, 3.8) is 0 Å². The molecule has 0 atom stereocenters. The van der Waals surface area contributed by atoms with E-state index in [4.69, 9.17) is 5.11 Å². The number of carbonyl (C=O) groups excluding carboxylic acids is 1. The molecule has 0 fully saturated rings. The van der Waals surface area contributed by atoms with Crippen LogP contribution in [0.1, 0.15) is 16.3 Å². The highest BCUT2D eigenvalue weighted by atomic mass is 16.4. The van der Waals surface area contributed by atoms with Gasteiger partial charge in [0.15, 0.2) is 11.5 Å². The SMILES string of the molecule is O=C(NCCn1cnc(C(=O)O)c1)NCc1nn[nH]n1. The maximum absolute atomic E-state index is 11.4. The van der Waals surface area contributed by atoms with Gasteiger partial charge in [0.2, 0.25) is 0 Å². The third-order valence-corrected chi connectivity index (χ3v) is 2.30. The maximum Gasteiger partial charge on any atom is 0.356 e. The molecule has 0 radical (unpaired) electrons. The molecule has 0 saturated heterocycles. The molecule has 11 heteroatoms. The molecule has 2 aromatic heterocycles. The van der Waals surface area contributed by atoms with Crippen molar-refractivity contribution >= 4 is 12.0 Å². The van der Waals surface area contributed by atoms with Gasteiger partial charge in [0, 0.05) is 19.3 Å². The van der Waals surface area contributed by atoms with Crippen molar-refractivity contribution in [2.75, 3.05) is 6.54 Å². The fourth-order valence-corrected chi connectivity index (χ4v) is 1.37. The maximum atomic E-state index is 11.4. The topological polar surface area (TPSA) is 151 Å². The van der Waals surface area contributed by atoms with Crippen molar-refractivity contribution in [2.24, 2.45) is 0 Å². The highest BCUT2D eigenvalue weighted by Crippen LogP contribution is 1.95. The van der Waals surface area contributed by atoms with Gasteiger partial charge in [-0.1, -0.05) is 5.21 Å². The molecule has 11 nitrogen and oxygen atoms in total. The third-order valence-electron chi connectivity index (χ3n) is 2.30. The van der Waals surface area contributed by atoms with Gasteiger partial charge in [0.05, 0.1) is 12.9 Å². The summed E-state index contributed by atoms with van der Waals surface area (Å²) in [6.07, 6.45) is 2.78. The summed E-state index contributed by atoms with van der Waals surface area (Å²) >= 11 is 0. The summed E-state index contributed by atoms with van der Waals surface area (Å²) in [7, 11) is 0. The summed E-state index contributed by atoms with van der Waals surface area (Å²) in [5.74, 6) is -0.713. The van der Waals surface area contributed by atoms with E-state index in [0.29, 0.717) is 18.9 Å². The average Bonchev–Trinajstić information content (AvgIpc) is 3.07. The van der Waals surface area contributed by atoms with Crippen LogP contribution in [0.25, 0.3) is 0 Å². The van der Waals surface area contributed by atoms with E-state index in [1.54, 1.807) is 4.57 Å². The average molecular weight is 280 g/mol. The zero-order valence-corrected chi connectivity index (χ0v) is 10.3. The molecular weight excluding hydrogens is 268 g/mol. The van der Waals surface area contributed by atoms with Crippen molar-refractivity contribution in [1.29, 1.82) is 0 Å². The van der Waals surface area contributed by atoms with E-state index < -0.39 is 5.97 Å². The van der Waals surface area contributed by atoms with Crippen molar-refractivity contribution in [2.45, 2.75) is 13.1 Å². The first-order valence-electron chi connectivity index (χ1n) is 5.64. The summed E-state index contributed by atoms with van der Waals surface area (Å²) in [5, 5.41) is 26.8. The first-order chi connectivity index (χ1) is 9.65. The minimum Gasteiger partial charge on any atom is -0.476 e. The lowest BCUT2D eigenvalue weighted by molar-refractivity contribution is 0.0691. The molecular formula is C9H12N8O3. The quantitative estimate of drug-likeness (QED) is 0.507. The Morgan fingerprint density at radius 1 is 1.40 bits per heavy atom. The van der Waals surface area contributed by atoms with Crippen LogP contribution in [0.15, 0.2) is 12.5 Å². The Bertz CT molecular complexity index is 578. The fourth-order valence-electron chi connectivity index (χ4n) is 1.37. The number of tetrazole rings is 1. The molecule has 2 rings (SSSR count). The second-order valence-electron chi connectivity index (χ2n) is 3.74. The van der Waals surface area contributed by atoms with E-state index in [-0.39, 0.29) is 18.3 Å². The molecule has 0 unspecified atom stereocenters. The van der Waals surface area contributed by atoms with Crippen LogP contribution in [-0.4, -0.2) is 53.8 Å². The second kappa shape index (κ2) is 6.26. The Labute approximate surface area is 112 Å². The molecule has 0 aliphatic heterocycles. The number of amides is 2. The van der Waals surface area contributed by atoms with Crippen LogP contribution in [0, 0.1) is 0 Å². The van der Waals surface area contributed by atoms with Crippen LogP contribution >= 0.6 is 0 Å². The number of imidazole rings is 1. The summed E-state index contributed by atoms with van der Waals surface area (Å²) in [6.45, 7) is 0.903. The van der Waals surface area contributed by atoms with Crippen LogP contribution in [0.2, 0.25) is 0 Å². The summed E-state index contributed by atoms with van der Waals surface area (Å²) in [6, 6.07) is -0.381. The predicted molar refractivity (Wildman–Crippen MR) is 63.6 cm³/mol. The summed E-state index contributed by atoms with van der Waals surface area (Å²) in [5.41, 5.74) is -0.0356. The molecule has 2 aromatic rings. The first-order valence-corrected chi connectivity index (χ1v) is 5.64. The van der Waals surface area contributed by atoms with E-state index in [1.165, 1.54) is 12.5 Å². The summed E-state index contributed by atoms with van der Waals surface area (Å²) in [4.78, 5) is 25.7. The van der Waals surface area contributed by atoms with E-state index >= 15 is 0 Å². The number of nitrogens with zero attached hydrogens (tertiary/aromatic N) is 5. The number of carboxylic acid groups (broad SMARTS) is 1.